The number of rotatable bonds is 5. The van der Waals surface area contributed by atoms with Crippen molar-refractivity contribution in [2.24, 2.45) is 5.10 Å². The molecule has 8 nitrogen and oxygen atoms in total. The number of amides is 2. The lowest BCUT2D eigenvalue weighted by Gasteiger charge is -2.19. The van der Waals surface area contributed by atoms with E-state index < -0.39 is 5.91 Å². The molecule has 0 fully saturated rings. The van der Waals surface area contributed by atoms with Gasteiger partial charge in [-0.3, -0.25) is 9.59 Å². The molecule has 0 unspecified atom stereocenters. The molecule has 2 amide bonds. The second-order valence-electron chi connectivity index (χ2n) is 5.35. The first kappa shape index (κ1) is 16.6. The summed E-state index contributed by atoms with van der Waals surface area (Å²) in [6, 6.07) is 8.31. The molecule has 8 heteroatoms. The largest absolute Gasteiger partial charge is 0.486 e. The van der Waals surface area contributed by atoms with Crippen LogP contribution in [0, 0.1) is 0 Å². The number of nitrogens with one attached hydrogen (secondary N) is 2. The van der Waals surface area contributed by atoms with E-state index in [4.69, 9.17) is 13.9 Å². The number of hydrogen-bond donors (Lipinski definition) is 2. The topological polar surface area (TPSA) is 102 Å². The Morgan fingerprint density at radius 3 is 2.72 bits per heavy atom. The molecule has 25 heavy (non-hydrogen) atoms. The summed E-state index contributed by atoms with van der Waals surface area (Å²) in [4.78, 5) is 23.8. The van der Waals surface area contributed by atoms with Crippen molar-refractivity contribution >= 4 is 23.2 Å². The second kappa shape index (κ2) is 7.52. The summed E-state index contributed by atoms with van der Waals surface area (Å²) in [6.07, 6.45) is 1.43. The third kappa shape index (κ3) is 4.37. The van der Waals surface area contributed by atoms with Gasteiger partial charge in [0.1, 0.15) is 13.2 Å². The molecule has 0 aliphatic carbocycles. The Kier molecular flexibility index (Phi) is 4.98. The standard InChI is InChI=1S/C17H17N3O5/c1-11(19-20-17(22)14-3-2-6-23-14)9-16(21)18-12-4-5-13-15(10-12)25-8-7-24-13/h2-6,10H,7-9H2,1H3,(H,18,21)(H,20,22)/b19-11-. The van der Waals surface area contributed by atoms with Crippen molar-refractivity contribution in [2.45, 2.75) is 13.3 Å². The Hall–Kier alpha value is -3.29. The highest BCUT2D eigenvalue weighted by molar-refractivity contribution is 6.06. The number of carbonyl (C=O) groups is 2. The second-order valence-corrected chi connectivity index (χ2v) is 5.35. The van der Waals surface area contributed by atoms with Crippen LogP contribution < -0.4 is 20.2 Å². The van der Waals surface area contributed by atoms with Crippen LogP contribution >= 0.6 is 0 Å². The van der Waals surface area contributed by atoms with Crippen LogP contribution in [0.5, 0.6) is 11.5 Å². The first-order valence-electron chi connectivity index (χ1n) is 7.68. The van der Waals surface area contributed by atoms with E-state index in [0.29, 0.717) is 36.1 Å². The van der Waals surface area contributed by atoms with E-state index in [1.165, 1.54) is 12.3 Å². The molecule has 0 bridgehead atoms. The SMILES string of the molecule is C/C(CC(=O)Nc1ccc2c(c1)OCCO2)=N/NC(=O)c1ccco1. The zero-order chi connectivity index (χ0) is 17.6. The van der Waals surface area contributed by atoms with Crippen LogP contribution in [-0.2, 0) is 4.79 Å². The van der Waals surface area contributed by atoms with Crippen molar-refractivity contribution < 1.29 is 23.5 Å². The van der Waals surface area contributed by atoms with Crippen LogP contribution in [0.4, 0.5) is 5.69 Å². The van der Waals surface area contributed by atoms with Gasteiger partial charge in [-0.2, -0.15) is 5.10 Å². The van der Waals surface area contributed by atoms with Gasteiger partial charge in [-0.25, -0.2) is 5.43 Å². The molecule has 1 aromatic carbocycles. The maximum Gasteiger partial charge on any atom is 0.307 e. The molecule has 0 saturated carbocycles. The van der Waals surface area contributed by atoms with Gasteiger partial charge in [-0.05, 0) is 31.2 Å². The monoisotopic (exact) mass is 343 g/mol. The normalized spacial score (nSPS) is 13.2. The minimum Gasteiger partial charge on any atom is -0.486 e. The van der Waals surface area contributed by atoms with Gasteiger partial charge in [0.05, 0.1) is 12.7 Å². The zero-order valence-corrected chi connectivity index (χ0v) is 13.6. The zero-order valence-electron chi connectivity index (χ0n) is 13.6. The maximum absolute atomic E-state index is 12.1. The summed E-state index contributed by atoms with van der Waals surface area (Å²) >= 11 is 0. The molecule has 0 saturated heterocycles. The van der Waals surface area contributed by atoms with Crippen LogP contribution in [0.15, 0.2) is 46.1 Å². The lowest BCUT2D eigenvalue weighted by Crippen LogP contribution is -2.21. The van der Waals surface area contributed by atoms with Gasteiger partial charge in [0.15, 0.2) is 17.3 Å². The number of anilines is 1. The number of furan rings is 1. The Morgan fingerprint density at radius 2 is 1.96 bits per heavy atom. The minimum absolute atomic E-state index is 0.0346. The molecule has 2 aromatic rings. The van der Waals surface area contributed by atoms with Crippen LogP contribution in [0.2, 0.25) is 0 Å². The van der Waals surface area contributed by atoms with Crippen LogP contribution in [0.1, 0.15) is 23.9 Å². The molecule has 130 valence electrons. The maximum atomic E-state index is 12.1. The molecule has 0 spiro atoms. The van der Waals surface area contributed by atoms with Gasteiger partial charge < -0.3 is 19.2 Å². The van der Waals surface area contributed by atoms with Crippen LogP contribution in [-0.4, -0.2) is 30.7 Å². The fourth-order valence-electron chi connectivity index (χ4n) is 2.21. The number of hydrogen-bond acceptors (Lipinski definition) is 6. The number of carbonyl (C=O) groups excluding carboxylic acids is 2. The quantitative estimate of drug-likeness (QED) is 0.640. The number of nitrogens with zero attached hydrogens (tertiary/aromatic N) is 1. The first-order valence-corrected chi connectivity index (χ1v) is 7.68. The smallest absolute Gasteiger partial charge is 0.307 e. The van der Waals surface area contributed by atoms with Gasteiger partial charge in [0.2, 0.25) is 5.91 Å². The summed E-state index contributed by atoms with van der Waals surface area (Å²) in [6.45, 7) is 2.63. The van der Waals surface area contributed by atoms with Crippen molar-refractivity contribution in [2.75, 3.05) is 18.5 Å². The van der Waals surface area contributed by atoms with Crippen molar-refractivity contribution in [3.63, 3.8) is 0 Å². The molecular weight excluding hydrogens is 326 g/mol. The van der Waals surface area contributed by atoms with Gasteiger partial charge in [0.25, 0.3) is 0 Å². The Labute approximate surface area is 143 Å². The van der Waals surface area contributed by atoms with E-state index in [1.54, 1.807) is 31.2 Å². The third-order valence-corrected chi connectivity index (χ3v) is 3.34. The van der Waals surface area contributed by atoms with Crippen molar-refractivity contribution in [1.82, 2.24) is 5.43 Å². The molecule has 1 aliphatic heterocycles. The summed E-state index contributed by atoms with van der Waals surface area (Å²) in [7, 11) is 0. The number of benzene rings is 1. The van der Waals surface area contributed by atoms with E-state index in [2.05, 4.69) is 15.8 Å². The van der Waals surface area contributed by atoms with Gasteiger partial charge >= 0.3 is 5.91 Å². The third-order valence-electron chi connectivity index (χ3n) is 3.34. The minimum atomic E-state index is -0.475. The lowest BCUT2D eigenvalue weighted by molar-refractivity contribution is -0.115. The number of ether oxygens (including phenoxy) is 2. The van der Waals surface area contributed by atoms with Crippen molar-refractivity contribution in [3.8, 4) is 11.5 Å². The highest BCUT2D eigenvalue weighted by Crippen LogP contribution is 2.32. The predicted octanol–water partition coefficient (Wildman–Crippen LogP) is 2.19. The number of fused-ring (bicyclic) bond motifs is 1. The van der Waals surface area contributed by atoms with Gasteiger partial charge in [0, 0.05) is 17.5 Å². The van der Waals surface area contributed by atoms with E-state index in [0.717, 1.165) is 0 Å². The number of hydrazone groups is 1. The van der Waals surface area contributed by atoms with E-state index >= 15 is 0 Å². The molecule has 3 rings (SSSR count). The summed E-state index contributed by atoms with van der Waals surface area (Å²) in [5.74, 6) is 0.668. The Morgan fingerprint density at radius 1 is 1.16 bits per heavy atom. The van der Waals surface area contributed by atoms with E-state index in [1.807, 2.05) is 0 Å². The molecular formula is C17H17N3O5. The summed E-state index contributed by atoms with van der Waals surface area (Å²) in [5.41, 5.74) is 3.39. The highest BCUT2D eigenvalue weighted by atomic mass is 16.6. The fourth-order valence-corrected chi connectivity index (χ4v) is 2.21. The average molecular weight is 343 g/mol. The Balaban J connectivity index is 1.53. The van der Waals surface area contributed by atoms with Gasteiger partial charge in [-0.1, -0.05) is 0 Å². The lowest BCUT2D eigenvalue weighted by atomic mass is 10.2. The molecule has 2 N–H and O–H groups in total. The molecule has 1 aromatic heterocycles. The fraction of sp³-hybridized carbons (Fsp3) is 0.235. The molecule has 0 radical (unpaired) electrons. The predicted molar refractivity (Wildman–Crippen MR) is 90.0 cm³/mol. The van der Waals surface area contributed by atoms with E-state index in [9.17, 15) is 9.59 Å². The highest BCUT2D eigenvalue weighted by Gasteiger charge is 2.13. The summed E-state index contributed by atoms with van der Waals surface area (Å²) < 4.78 is 15.8. The van der Waals surface area contributed by atoms with Crippen LogP contribution in [0.25, 0.3) is 0 Å². The van der Waals surface area contributed by atoms with E-state index in [-0.39, 0.29) is 18.1 Å². The average Bonchev–Trinajstić information content (AvgIpc) is 3.14. The molecule has 2 heterocycles. The first-order chi connectivity index (χ1) is 12.1. The van der Waals surface area contributed by atoms with Gasteiger partial charge in [-0.15, -0.1) is 0 Å². The Bertz CT molecular complexity index is 799. The van der Waals surface area contributed by atoms with Crippen LogP contribution in [0.3, 0.4) is 0 Å². The van der Waals surface area contributed by atoms with Crippen molar-refractivity contribution in [3.05, 3.63) is 42.4 Å². The molecule has 1 aliphatic rings. The van der Waals surface area contributed by atoms with Crippen molar-refractivity contribution in [1.29, 1.82) is 0 Å². The summed E-state index contributed by atoms with van der Waals surface area (Å²) in [5, 5.41) is 6.64. The molecule has 0 atom stereocenters.